The van der Waals surface area contributed by atoms with Crippen LogP contribution in [-0.2, 0) is 15.6 Å². The fourth-order valence-corrected chi connectivity index (χ4v) is 6.19. The summed E-state index contributed by atoms with van der Waals surface area (Å²) in [5, 5.41) is 0. The summed E-state index contributed by atoms with van der Waals surface area (Å²) in [6.07, 6.45) is 14.6. The van der Waals surface area contributed by atoms with Crippen LogP contribution in [0.1, 0.15) is 71.4 Å². The molecule has 0 aliphatic carbocycles. The van der Waals surface area contributed by atoms with Crippen molar-refractivity contribution in [1.82, 2.24) is 0 Å². The molecule has 0 saturated heterocycles. The Labute approximate surface area is 223 Å². The number of benzene rings is 2. The van der Waals surface area contributed by atoms with E-state index in [9.17, 15) is 4.79 Å². The number of rotatable bonds is 10. The number of carbonyl (C=O) groups is 1. The van der Waals surface area contributed by atoms with Gasteiger partial charge in [0.25, 0.3) is 0 Å². The van der Waals surface area contributed by atoms with Crippen LogP contribution in [0.4, 0.5) is 11.4 Å². The van der Waals surface area contributed by atoms with Crippen LogP contribution in [0.3, 0.4) is 0 Å². The topological polar surface area (TPSA) is 49.6 Å². The lowest BCUT2D eigenvalue weighted by Gasteiger charge is -2.32. The van der Waals surface area contributed by atoms with Gasteiger partial charge in [0.15, 0.2) is 0 Å². The number of allylic oxidation sites excluding steroid dienone is 5. The Hall–Kier alpha value is -3.27. The second-order valence-electron chi connectivity index (χ2n) is 11.4. The van der Waals surface area contributed by atoms with Gasteiger partial charge in [0.1, 0.15) is 0 Å². The van der Waals surface area contributed by atoms with Gasteiger partial charge in [-0.15, -0.1) is 0 Å². The van der Waals surface area contributed by atoms with Crippen molar-refractivity contribution in [2.75, 3.05) is 22.9 Å². The first-order valence-corrected chi connectivity index (χ1v) is 13.8. The highest BCUT2D eigenvalue weighted by molar-refractivity contribution is 5.73. The van der Waals surface area contributed by atoms with Crippen LogP contribution in [0.2, 0.25) is 0 Å². The Morgan fingerprint density at radius 3 is 2.27 bits per heavy atom. The molecule has 4 heteroatoms. The summed E-state index contributed by atoms with van der Waals surface area (Å²) in [7, 11) is 0. The molecule has 2 aliphatic heterocycles. The highest BCUT2D eigenvalue weighted by Crippen LogP contribution is 2.47. The molecule has 0 saturated carbocycles. The number of fused-ring (bicyclic) bond motifs is 2. The van der Waals surface area contributed by atoms with Crippen molar-refractivity contribution in [1.29, 1.82) is 0 Å². The van der Waals surface area contributed by atoms with Gasteiger partial charge in [-0.25, -0.2) is 0 Å². The van der Waals surface area contributed by atoms with Crippen molar-refractivity contribution in [2.45, 2.75) is 77.2 Å². The maximum absolute atomic E-state index is 11.1. The van der Waals surface area contributed by atoms with Crippen molar-refractivity contribution in [3.63, 3.8) is 0 Å². The van der Waals surface area contributed by atoms with Crippen LogP contribution in [0.25, 0.3) is 0 Å². The number of nitrogens with zero attached hydrogens (tertiary/aromatic N) is 2. The van der Waals surface area contributed by atoms with E-state index in [0.717, 1.165) is 32.4 Å². The molecule has 2 N–H and O–H groups in total. The first-order valence-electron chi connectivity index (χ1n) is 13.8. The van der Waals surface area contributed by atoms with Gasteiger partial charge in [0, 0.05) is 47.4 Å². The highest BCUT2D eigenvalue weighted by atomic mass is 16.1. The summed E-state index contributed by atoms with van der Waals surface area (Å²) in [4.78, 5) is 16.1. The third kappa shape index (κ3) is 5.25. The molecule has 2 aromatic rings. The average molecular weight is 498 g/mol. The molecule has 0 bridgehead atoms. The molecule has 1 amide bonds. The van der Waals surface area contributed by atoms with E-state index in [-0.39, 0.29) is 22.8 Å². The van der Waals surface area contributed by atoms with Gasteiger partial charge in [0.2, 0.25) is 5.91 Å². The van der Waals surface area contributed by atoms with Gasteiger partial charge in [0.05, 0.1) is 6.04 Å². The molecule has 37 heavy (non-hydrogen) atoms. The zero-order valence-corrected chi connectivity index (χ0v) is 23.2. The molecule has 1 unspecified atom stereocenters. The number of hydrogen-bond donors (Lipinski definition) is 1. The van der Waals surface area contributed by atoms with E-state index in [0.29, 0.717) is 6.42 Å². The molecule has 0 fully saturated rings. The van der Waals surface area contributed by atoms with Crippen molar-refractivity contribution in [3.05, 3.63) is 95.7 Å². The smallest absolute Gasteiger partial charge is 0.217 e. The summed E-state index contributed by atoms with van der Waals surface area (Å²) >= 11 is 0. The zero-order valence-electron chi connectivity index (χ0n) is 23.2. The minimum atomic E-state index is -0.206. The number of likely N-dealkylation sites (N-methyl/N-ethyl adjacent to an activating group) is 1. The number of anilines is 2. The Morgan fingerprint density at radius 1 is 0.892 bits per heavy atom. The summed E-state index contributed by atoms with van der Waals surface area (Å²) < 4.78 is 0. The highest BCUT2D eigenvalue weighted by Gasteiger charge is 2.42. The second-order valence-corrected chi connectivity index (χ2v) is 11.4. The molecule has 1 atom stereocenters. The summed E-state index contributed by atoms with van der Waals surface area (Å²) in [5.41, 5.74) is 12.1. The van der Waals surface area contributed by atoms with Gasteiger partial charge in [-0.2, -0.15) is 0 Å². The van der Waals surface area contributed by atoms with Crippen molar-refractivity contribution < 1.29 is 4.79 Å². The van der Waals surface area contributed by atoms with Crippen LogP contribution in [0.5, 0.6) is 0 Å². The lowest BCUT2D eigenvalue weighted by atomic mass is 9.80. The first-order chi connectivity index (χ1) is 17.7. The molecule has 0 spiro atoms. The standard InChI is InChI=1S/C33H43N3O/c1-6-35-27-19-14-12-17-25(27)32(2,3)29(35)21-9-7-10-22-30-33(4,5)26-18-13-15-20-28(26)36(30)24-16-8-11-23-31(34)37/h7,9-10,12-15,17-22,30H,6,8,11,16,23-24H2,1-5H3,(H2,34,37)/b9-7+,22-10+,29-21-. The van der Waals surface area contributed by atoms with Crippen LogP contribution in [-0.4, -0.2) is 25.0 Å². The Bertz CT molecular complexity index is 1200. The summed E-state index contributed by atoms with van der Waals surface area (Å²) in [5.74, 6) is -0.206. The zero-order chi connectivity index (χ0) is 26.6. The Balaban J connectivity index is 1.50. The number of hydrogen-bond acceptors (Lipinski definition) is 3. The number of amides is 1. The van der Waals surface area contributed by atoms with Gasteiger partial charge in [-0.05, 0) is 49.1 Å². The van der Waals surface area contributed by atoms with Crippen molar-refractivity contribution in [3.8, 4) is 0 Å². The van der Waals surface area contributed by atoms with E-state index < -0.39 is 0 Å². The van der Waals surface area contributed by atoms with Gasteiger partial charge in [-0.1, -0.05) is 94.8 Å². The molecule has 4 nitrogen and oxygen atoms in total. The lowest BCUT2D eigenvalue weighted by Crippen LogP contribution is -2.40. The molecular formula is C33H43N3O. The SMILES string of the molecule is CCN1\C(=C/C=C/C=C/C2N(CCCCCC(N)=O)c3ccccc3C2(C)C)C(C)(C)c2ccccc21. The van der Waals surface area contributed by atoms with Gasteiger partial charge in [-0.3, -0.25) is 4.79 Å². The predicted octanol–water partition coefficient (Wildman–Crippen LogP) is 7.01. The monoisotopic (exact) mass is 497 g/mol. The van der Waals surface area contributed by atoms with E-state index in [1.54, 1.807) is 0 Å². The van der Waals surface area contributed by atoms with Crippen LogP contribution < -0.4 is 15.5 Å². The average Bonchev–Trinajstić information content (AvgIpc) is 3.22. The molecule has 2 aromatic carbocycles. The number of unbranched alkanes of at least 4 members (excludes halogenated alkanes) is 2. The molecule has 0 aromatic heterocycles. The van der Waals surface area contributed by atoms with Crippen molar-refractivity contribution in [2.24, 2.45) is 5.73 Å². The third-order valence-corrected chi connectivity index (χ3v) is 8.19. The van der Waals surface area contributed by atoms with E-state index in [4.69, 9.17) is 5.73 Å². The molecule has 4 rings (SSSR count). The normalized spacial score (nSPS) is 20.8. The Kier molecular flexibility index (Phi) is 7.96. The molecular weight excluding hydrogens is 454 g/mol. The summed E-state index contributed by atoms with van der Waals surface area (Å²) in [6.45, 7) is 13.5. The van der Waals surface area contributed by atoms with Crippen LogP contribution >= 0.6 is 0 Å². The fourth-order valence-electron chi connectivity index (χ4n) is 6.19. The summed E-state index contributed by atoms with van der Waals surface area (Å²) in [6, 6.07) is 17.8. The number of primary amides is 1. The quantitative estimate of drug-likeness (QED) is 0.284. The second kappa shape index (κ2) is 11.0. The molecule has 2 heterocycles. The van der Waals surface area contributed by atoms with E-state index in [1.807, 2.05) is 0 Å². The van der Waals surface area contributed by atoms with E-state index >= 15 is 0 Å². The fraction of sp³-hybridized carbons (Fsp3) is 0.424. The number of nitrogens with two attached hydrogens (primary N) is 1. The van der Waals surface area contributed by atoms with E-state index in [2.05, 4.69) is 123 Å². The van der Waals surface area contributed by atoms with Gasteiger partial charge >= 0.3 is 0 Å². The Morgan fingerprint density at radius 2 is 1.57 bits per heavy atom. The van der Waals surface area contributed by atoms with Crippen LogP contribution in [0, 0.1) is 0 Å². The molecule has 196 valence electrons. The molecule has 0 radical (unpaired) electrons. The maximum atomic E-state index is 11.1. The number of carbonyl (C=O) groups excluding carboxylic acids is 1. The minimum Gasteiger partial charge on any atom is -0.370 e. The van der Waals surface area contributed by atoms with E-state index in [1.165, 1.54) is 28.2 Å². The first kappa shape index (κ1) is 26.8. The number of para-hydroxylation sites is 2. The van der Waals surface area contributed by atoms with Crippen LogP contribution in [0.15, 0.2) is 84.6 Å². The largest absolute Gasteiger partial charge is 0.370 e. The van der Waals surface area contributed by atoms with Crippen molar-refractivity contribution >= 4 is 17.3 Å². The third-order valence-electron chi connectivity index (χ3n) is 8.19. The minimum absolute atomic E-state index is 0.0128. The van der Waals surface area contributed by atoms with Gasteiger partial charge < -0.3 is 15.5 Å². The maximum Gasteiger partial charge on any atom is 0.217 e. The predicted molar refractivity (Wildman–Crippen MR) is 157 cm³/mol. The lowest BCUT2D eigenvalue weighted by molar-refractivity contribution is -0.118. The molecule has 2 aliphatic rings.